The van der Waals surface area contributed by atoms with E-state index in [2.05, 4.69) is 25.9 Å². The zero-order chi connectivity index (χ0) is 29.7. The van der Waals surface area contributed by atoms with Crippen LogP contribution in [-0.2, 0) is 41.6 Å². The van der Waals surface area contributed by atoms with Crippen molar-refractivity contribution < 1.29 is 33.9 Å². The minimum Gasteiger partial charge on any atom is -0.480 e. The monoisotopic (exact) mass is 558 g/mol. The largest absolute Gasteiger partial charge is 0.480 e. The number of nitrogens with two attached hydrogens (primary N) is 3. The number of primary amides is 2. The SMILES string of the molecule is NC(=O)CCC(N)C(=O)NC(Cc1ccccc1)C(=O)NC(CCC(N)=O)C(=O)NC(Cc1cnc[nH]1)C(=O)O. The number of nitrogens with one attached hydrogen (secondary N) is 4. The third kappa shape index (κ3) is 10.9. The first kappa shape index (κ1) is 31.4. The number of aromatic nitrogens is 2. The van der Waals surface area contributed by atoms with Crippen molar-refractivity contribution in [2.75, 3.05) is 0 Å². The van der Waals surface area contributed by atoms with Gasteiger partial charge in [-0.25, -0.2) is 9.78 Å². The molecule has 0 spiro atoms. The number of nitrogens with zero attached hydrogens (tertiary/aromatic N) is 1. The summed E-state index contributed by atoms with van der Waals surface area (Å²) in [7, 11) is 0. The highest BCUT2D eigenvalue weighted by Crippen LogP contribution is 2.08. The average Bonchev–Trinajstić information content (AvgIpc) is 3.42. The number of aromatic amines is 1. The molecule has 0 aliphatic carbocycles. The molecule has 0 saturated heterocycles. The summed E-state index contributed by atoms with van der Waals surface area (Å²) < 4.78 is 0. The predicted octanol–water partition coefficient (Wildman–Crippen LogP) is -2.41. The summed E-state index contributed by atoms with van der Waals surface area (Å²) in [5.74, 6) is -5.09. The van der Waals surface area contributed by atoms with Crippen LogP contribution in [0.3, 0.4) is 0 Å². The molecule has 2 aromatic rings. The lowest BCUT2D eigenvalue weighted by Crippen LogP contribution is -2.58. The average molecular weight is 559 g/mol. The van der Waals surface area contributed by atoms with Crippen molar-refractivity contribution in [3.63, 3.8) is 0 Å². The molecule has 1 aromatic carbocycles. The smallest absolute Gasteiger partial charge is 0.326 e. The molecule has 1 heterocycles. The van der Waals surface area contributed by atoms with Crippen molar-refractivity contribution in [1.29, 1.82) is 0 Å². The Morgan fingerprint density at radius 1 is 0.800 bits per heavy atom. The maximum atomic E-state index is 13.3. The van der Waals surface area contributed by atoms with Crippen LogP contribution in [0.25, 0.3) is 0 Å². The molecule has 4 unspecified atom stereocenters. The molecule has 216 valence electrons. The van der Waals surface area contributed by atoms with Gasteiger partial charge < -0.3 is 43.2 Å². The highest BCUT2D eigenvalue weighted by molar-refractivity contribution is 5.94. The van der Waals surface area contributed by atoms with Crippen LogP contribution in [-0.4, -0.2) is 74.7 Å². The van der Waals surface area contributed by atoms with Crippen LogP contribution in [0.4, 0.5) is 0 Å². The second kappa shape index (κ2) is 15.6. The van der Waals surface area contributed by atoms with Gasteiger partial charge in [-0.15, -0.1) is 0 Å². The Morgan fingerprint density at radius 3 is 1.95 bits per heavy atom. The molecule has 15 heteroatoms. The molecule has 1 aromatic heterocycles. The predicted molar refractivity (Wildman–Crippen MR) is 141 cm³/mol. The van der Waals surface area contributed by atoms with Crippen LogP contribution < -0.4 is 33.2 Å². The maximum Gasteiger partial charge on any atom is 0.326 e. The molecule has 0 radical (unpaired) electrons. The first-order chi connectivity index (χ1) is 19.0. The summed E-state index contributed by atoms with van der Waals surface area (Å²) in [6.07, 6.45) is 1.96. The van der Waals surface area contributed by atoms with Gasteiger partial charge in [-0.2, -0.15) is 0 Å². The molecule has 2 rings (SSSR count). The van der Waals surface area contributed by atoms with E-state index in [0.29, 0.717) is 11.3 Å². The number of hydrogen-bond donors (Lipinski definition) is 8. The van der Waals surface area contributed by atoms with Crippen molar-refractivity contribution in [3.8, 4) is 0 Å². The van der Waals surface area contributed by atoms with Gasteiger partial charge in [0.15, 0.2) is 0 Å². The normalized spacial score (nSPS) is 13.7. The fraction of sp³-hybridized carbons (Fsp3) is 0.400. The van der Waals surface area contributed by atoms with E-state index >= 15 is 0 Å². The maximum absolute atomic E-state index is 13.3. The summed E-state index contributed by atoms with van der Waals surface area (Å²) in [5.41, 5.74) is 17.3. The molecule has 0 saturated carbocycles. The summed E-state index contributed by atoms with van der Waals surface area (Å²) >= 11 is 0. The minimum atomic E-state index is -1.37. The Kier molecular flexibility index (Phi) is 12.2. The number of imidazole rings is 1. The number of hydrogen-bond acceptors (Lipinski definition) is 8. The van der Waals surface area contributed by atoms with Crippen LogP contribution in [0.2, 0.25) is 0 Å². The van der Waals surface area contributed by atoms with Gasteiger partial charge in [-0.3, -0.25) is 24.0 Å². The van der Waals surface area contributed by atoms with Gasteiger partial charge in [0.25, 0.3) is 0 Å². The number of benzene rings is 1. The van der Waals surface area contributed by atoms with Gasteiger partial charge in [0.1, 0.15) is 18.1 Å². The molecule has 0 aliphatic rings. The molecule has 40 heavy (non-hydrogen) atoms. The fourth-order valence-corrected chi connectivity index (χ4v) is 3.68. The van der Waals surface area contributed by atoms with Gasteiger partial charge in [0.2, 0.25) is 29.5 Å². The Morgan fingerprint density at radius 2 is 1.38 bits per heavy atom. The topological polar surface area (TPSA) is 265 Å². The highest BCUT2D eigenvalue weighted by atomic mass is 16.4. The third-order valence-corrected chi connectivity index (χ3v) is 5.86. The number of carboxylic acids is 1. The van der Waals surface area contributed by atoms with E-state index in [0.717, 1.165) is 0 Å². The highest BCUT2D eigenvalue weighted by Gasteiger charge is 2.31. The Labute approximate surface area is 229 Å². The number of H-pyrrole nitrogens is 1. The molecule has 5 amide bonds. The van der Waals surface area contributed by atoms with Crippen molar-refractivity contribution in [3.05, 3.63) is 54.1 Å². The van der Waals surface area contributed by atoms with Crippen molar-refractivity contribution in [2.45, 2.75) is 62.7 Å². The van der Waals surface area contributed by atoms with Gasteiger partial charge in [-0.05, 0) is 18.4 Å². The van der Waals surface area contributed by atoms with Crippen LogP contribution >= 0.6 is 0 Å². The van der Waals surface area contributed by atoms with E-state index in [1.54, 1.807) is 30.3 Å². The van der Waals surface area contributed by atoms with Gasteiger partial charge >= 0.3 is 5.97 Å². The zero-order valence-corrected chi connectivity index (χ0v) is 21.7. The van der Waals surface area contributed by atoms with E-state index in [-0.39, 0.29) is 38.5 Å². The molecule has 0 bridgehead atoms. The van der Waals surface area contributed by atoms with E-state index in [1.807, 2.05) is 0 Å². The van der Waals surface area contributed by atoms with Gasteiger partial charge in [-0.1, -0.05) is 30.3 Å². The number of amides is 5. The molecule has 4 atom stereocenters. The molecular weight excluding hydrogens is 524 g/mol. The number of aliphatic carboxylic acids is 1. The molecule has 11 N–H and O–H groups in total. The van der Waals surface area contributed by atoms with E-state index in [4.69, 9.17) is 17.2 Å². The number of carbonyl (C=O) groups is 6. The first-order valence-corrected chi connectivity index (χ1v) is 12.4. The minimum absolute atomic E-state index is 0.0166. The van der Waals surface area contributed by atoms with Crippen LogP contribution in [0.15, 0.2) is 42.9 Å². The Hall–Kier alpha value is -4.79. The standard InChI is InChI=1S/C25H34N8O7/c26-16(6-8-20(27)34)22(36)32-18(10-14-4-2-1-3-5-14)24(38)31-17(7-9-21(28)35)23(37)33-19(25(39)40)11-15-12-29-13-30-15/h1-5,12-13,16-19H,6-11,26H2,(H2,27,34)(H2,28,35)(H,29,30)(H,31,38)(H,32,36)(H,33,37)(H,39,40). The number of rotatable bonds is 17. The van der Waals surface area contributed by atoms with Crippen molar-refractivity contribution in [1.82, 2.24) is 25.9 Å². The Balaban J connectivity index is 2.21. The van der Waals surface area contributed by atoms with E-state index in [1.165, 1.54) is 12.5 Å². The number of carbonyl (C=O) groups excluding carboxylic acids is 5. The lowest BCUT2D eigenvalue weighted by atomic mass is 10.0. The summed E-state index contributed by atoms with van der Waals surface area (Å²) in [5, 5.41) is 17.0. The van der Waals surface area contributed by atoms with Gasteiger partial charge in [0.05, 0.1) is 12.4 Å². The Bertz CT molecular complexity index is 1170. The van der Waals surface area contributed by atoms with Gasteiger partial charge in [0, 0.05) is 37.6 Å². The zero-order valence-electron chi connectivity index (χ0n) is 21.7. The molecule has 0 aliphatic heterocycles. The summed E-state index contributed by atoms with van der Waals surface area (Å²) in [4.78, 5) is 79.9. The van der Waals surface area contributed by atoms with Crippen molar-refractivity contribution in [2.24, 2.45) is 17.2 Å². The van der Waals surface area contributed by atoms with Crippen LogP contribution in [0.1, 0.15) is 36.9 Å². The van der Waals surface area contributed by atoms with Crippen LogP contribution in [0.5, 0.6) is 0 Å². The lowest BCUT2D eigenvalue weighted by Gasteiger charge is -2.25. The second-order valence-corrected chi connectivity index (χ2v) is 9.11. The fourth-order valence-electron chi connectivity index (χ4n) is 3.68. The second-order valence-electron chi connectivity index (χ2n) is 9.11. The third-order valence-electron chi connectivity index (χ3n) is 5.86. The van der Waals surface area contributed by atoms with E-state index in [9.17, 15) is 33.9 Å². The summed E-state index contributed by atoms with van der Waals surface area (Å²) in [6.45, 7) is 0. The molecule has 15 nitrogen and oxygen atoms in total. The quantitative estimate of drug-likeness (QED) is 0.103. The van der Waals surface area contributed by atoms with Crippen LogP contribution in [0, 0.1) is 0 Å². The van der Waals surface area contributed by atoms with E-state index < -0.39 is 59.7 Å². The lowest BCUT2D eigenvalue weighted by molar-refractivity contribution is -0.142. The molecular formula is C25H34N8O7. The molecule has 0 fully saturated rings. The number of carboxylic acid groups (broad SMARTS) is 1. The first-order valence-electron chi connectivity index (χ1n) is 12.4. The van der Waals surface area contributed by atoms with Crippen molar-refractivity contribution >= 4 is 35.5 Å². The summed E-state index contributed by atoms with van der Waals surface area (Å²) in [6, 6.07) is 3.62.